The van der Waals surface area contributed by atoms with Crippen LogP contribution in [-0.4, -0.2) is 55.4 Å². The fourth-order valence-electron chi connectivity index (χ4n) is 2.53. The van der Waals surface area contributed by atoms with Crippen LogP contribution in [0.2, 0.25) is 0 Å². The second-order valence-electron chi connectivity index (χ2n) is 6.98. The van der Waals surface area contributed by atoms with Crippen LogP contribution in [0.25, 0.3) is 6.08 Å². The number of morpholine rings is 1. The number of aliphatic carboxylic acids is 1. The molecular formula is C19H27NO4. The molecule has 0 radical (unpaired) electrons. The van der Waals surface area contributed by atoms with Crippen molar-refractivity contribution in [2.24, 2.45) is 0 Å². The molecule has 2 rings (SSSR count). The molecule has 1 fully saturated rings. The maximum Gasteiger partial charge on any atom is 0.328 e. The molecular weight excluding hydrogens is 306 g/mol. The fraction of sp³-hybridized carbons (Fsp3) is 0.526. The van der Waals surface area contributed by atoms with E-state index in [0.717, 1.165) is 55.8 Å². The second-order valence-corrected chi connectivity index (χ2v) is 6.98. The molecule has 0 aliphatic carbocycles. The Bertz CT molecular complexity index is 584. The van der Waals surface area contributed by atoms with Gasteiger partial charge in [-0.25, -0.2) is 4.79 Å². The molecule has 0 bridgehead atoms. The van der Waals surface area contributed by atoms with Crippen LogP contribution in [0.4, 0.5) is 0 Å². The van der Waals surface area contributed by atoms with E-state index in [0.29, 0.717) is 6.61 Å². The van der Waals surface area contributed by atoms with Gasteiger partial charge in [-0.3, -0.25) is 4.90 Å². The number of nitrogens with zero attached hydrogens (tertiary/aromatic N) is 1. The molecule has 132 valence electrons. The molecule has 1 saturated heterocycles. The van der Waals surface area contributed by atoms with Crippen molar-refractivity contribution >= 4 is 12.0 Å². The standard InChI is InChI=1S/C19H27NO4/c1-19(2,3)16-6-4-15(5-7-18(21)22)17(14-16)24-13-10-20-8-11-23-12-9-20/h4-7,14H,8-13H2,1-3H3,(H,21,22). The minimum absolute atomic E-state index is 0.0113. The van der Waals surface area contributed by atoms with Crippen LogP contribution in [0.15, 0.2) is 24.3 Å². The number of carboxylic acid groups (broad SMARTS) is 1. The Hall–Kier alpha value is -1.85. The van der Waals surface area contributed by atoms with Crippen LogP contribution in [-0.2, 0) is 14.9 Å². The lowest BCUT2D eigenvalue weighted by molar-refractivity contribution is -0.131. The highest BCUT2D eigenvalue weighted by Crippen LogP contribution is 2.29. The Labute approximate surface area is 143 Å². The maximum atomic E-state index is 10.8. The predicted molar refractivity (Wildman–Crippen MR) is 94.6 cm³/mol. The molecule has 1 heterocycles. The van der Waals surface area contributed by atoms with Crippen LogP contribution >= 0.6 is 0 Å². The molecule has 1 N–H and O–H groups in total. The zero-order chi connectivity index (χ0) is 17.6. The first kappa shape index (κ1) is 18.5. The van der Waals surface area contributed by atoms with Gasteiger partial charge in [0.2, 0.25) is 0 Å². The van der Waals surface area contributed by atoms with E-state index in [1.807, 2.05) is 18.2 Å². The molecule has 1 aromatic carbocycles. The summed E-state index contributed by atoms with van der Waals surface area (Å²) in [6, 6.07) is 5.96. The zero-order valence-corrected chi connectivity index (χ0v) is 14.7. The molecule has 24 heavy (non-hydrogen) atoms. The van der Waals surface area contributed by atoms with Crippen LogP contribution in [0.1, 0.15) is 31.9 Å². The summed E-state index contributed by atoms with van der Waals surface area (Å²) in [4.78, 5) is 13.1. The van der Waals surface area contributed by atoms with Crippen LogP contribution < -0.4 is 4.74 Å². The summed E-state index contributed by atoms with van der Waals surface area (Å²) in [5.74, 6) is -0.234. The average Bonchev–Trinajstić information content (AvgIpc) is 2.53. The molecule has 0 aromatic heterocycles. The second kappa shape index (κ2) is 8.31. The lowest BCUT2D eigenvalue weighted by Crippen LogP contribution is -2.38. The van der Waals surface area contributed by atoms with Gasteiger partial charge in [0.25, 0.3) is 0 Å². The first-order valence-electron chi connectivity index (χ1n) is 8.35. The average molecular weight is 333 g/mol. The van der Waals surface area contributed by atoms with Gasteiger partial charge in [0, 0.05) is 31.3 Å². The van der Waals surface area contributed by atoms with E-state index >= 15 is 0 Å². The molecule has 5 heteroatoms. The van der Waals surface area contributed by atoms with Crippen molar-refractivity contribution in [3.63, 3.8) is 0 Å². The smallest absolute Gasteiger partial charge is 0.328 e. The highest BCUT2D eigenvalue weighted by Gasteiger charge is 2.16. The largest absolute Gasteiger partial charge is 0.492 e. The van der Waals surface area contributed by atoms with Gasteiger partial charge in [0.15, 0.2) is 0 Å². The third-order valence-corrected chi connectivity index (χ3v) is 4.05. The van der Waals surface area contributed by atoms with Crippen LogP contribution in [0.5, 0.6) is 5.75 Å². The van der Waals surface area contributed by atoms with E-state index in [4.69, 9.17) is 14.6 Å². The Kier molecular flexibility index (Phi) is 6.40. The topological polar surface area (TPSA) is 59.0 Å². The zero-order valence-electron chi connectivity index (χ0n) is 14.7. The van der Waals surface area contributed by atoms with Gasteiger partial charge in [0.05, 0.1) is 13.2 Å². The number of hydrogen-bond acceptors (Lipinski definition) is 4. The quantitative estimate of drug-likeness (QED) is 0.811. The third kappa shape index (κ3) is 5.65. The van der Waals surface area contributed by atoms with Crippen molar-refractivity contribution in [3.05, 3.63) is 35.4 Å². The number of benzene rings is 1. The van der Waals surface area contributed by atoms with E-state index in [9.17, 15) is 4.79 Å². The predicted octanol–water partition coefficient (Wildman–Crippen LogP) is 2.79. The van der Waals surface area contributed by atoms with Gasteiger partial charge in [-0.05, 0) is 23.1 Å². The van der Waals surface area contributed by atoms with E-state index in [2.05, 4.69) is 25.7 Å². The first-order valence-corrected chi connectivity index (χ1v) is 8.35. The van der Waals surface area contributed by atoms with Crippen molar-refractivity contribution in [2.75, 3.05) is 39.5 Å². The van der Waals surface area contributed by atoms with E-state index < -0.39 is 5.97 Å². The van der Waals surface area contributed by atoms with Crippen molar-refractivity contribution in [2.45, 2.75) is 26.2 Å². The van der Waals surface area contributed by atoms with Gasteiger partial charge >= 0.3 is 5.97 Å². The summed E-state index contributed by atoms with van der Waals surface area (Å²) >= 11 is 0. The van der Waals surface area contributed by atoms with E-state index in [-0.39, 0.29) is 5.41 Å². The van der Waals surface area contributed by atoms with Gasteiger partial charge in [0.1, 0.15) is 12.4 Å². The van der Waals surface area contributed by atoms with E-state index in [1.54, 1.807) is 6.08 Å². The van der Waals surface area contributed by atoms with Crippen molar-refractivity contribution in [1.29, 1.82) is 0 Å². The molecule has 0 saturated carbocycles. The van der Waals surface area contributed by atoms with Crippen LogP contribution in [0.3, 0.4) is 0 Å². The molecule has 0 amide bonds. The number of ether oxygens (including phenoxy) is 2. The highest BCUT2D eigenvalue weighted by molar-refractivity contribution is 5.85. The lowest BCUT2D eigenvalue weighted by atomic mass is 9.86. The maximum absolute atomic E-state index is 10.8. The Morgan fingerprint density at radius 3 is 2.67 bits per heavy atom. The number of carboxylic acids is 1. The van der Waals surface area contributed by atoms with Gasteiger partial charge in [-0.15, -0.1) is 0 Å². The Morgan fingerprint density at radius 2 is 2.04 bits per heavy atom. The number of carbonyl (C=O) groups is 1. The number of rotatable bonds is 6. The summed E-state index contributed by atoms with van der Waals surface area (Å²) in [5, 5.41) is 8.85. The summed E-state index contributed by atoms with van der Waals surface area (Å²) < 4.78 is 11.3. The fourth-order valence-corrected chi connectivity index (χ4v) is 2.53. The molecule has 0 atom stereocenters. The summed E-state index contributed by atoms with van der Waals surface area (Å²) in [5.41, 5.74) is 1.96. The minimum Gasteiger partial charge on any atom is -0.492 e. The highest BCUT2D eigenvalue weighted by atomic mass is 16.5. The third-order valence-electron chi connectivity index (χ3n) is 4.05. The number of hydrogen-bond donors (Lipinski definition) is 1. The van der Waals surface area contributed by atoms with Gasteiger partial charge < -0.3 is 14.6 Å². The molecule has 0 unspecified atom stereocenters. The normalized spacial score (nSPS) is 16.5. The van der Waals surface area contributed by atoms with Gasteiger partial charge in [-0.2, -0.15) is 0 Å². The first-order chi connectivity index (χ1) is 11.4. The van der Waals surface area contributed by atoms with Crippen molar-refractivity contribution in [1.82, 2.24) is 4.90 Å². The SMILES string of the molecule is CC(C)(C)c1ccc(C=CC(=O)O)c(OCCN2CCOCC2)c1. The molecule has 1 aromatic rings. The molecule has 5 nitrogen and oxygen atoms in total. The Balaban J connectivity index is 2.09. The van der Waals surface area contributed by atoms with Gasteiger partial charge in [-0.1, -0.05) is 32.9 Å². The van der Waals surface area contributed by atoms with Crippen molar-refractivity contribution in [3.8, 4) is 5.75 Å². The van der Waals surface area contributed by atoms with Crippen molar-refractivity contribution < 1.29 is 19.4 Å². The summed E-state index contributed by atoms with van der Waals surface area (Å²) in [6.45, 7) is 11.2. The molecule has 0 spiro atoms. The summed E-state index contributed by atoms with van der Waals surface area (Å²) in [7, 11) is 0. The minimum atomic E-state index is -0.964. The monoisotopic (exact) mass is 333 g/mol. The molecule has 1 aliphatic rings. The Morgan fingerprint density at radius 1 is 1.33 bits per heavy atom. The lowest BCUT2D eigenvalue weighted by Gasteiger charge is -2.26. The molecule has 1 aliphatic heterocycles. The van der Waals surface area contributed by atoms with E-state index in [1.165, 1.54) is 0 Å². The van der Waals surface area contributed by atoms with Crippen LogP contribution in [0, 0.1) is 0 Å². The summed E-state index contributed by atoms with van der Waals surface area (Å²) in [6.07, 6.45) is 2.72.